The molecule has 1 unspecified atom stereocenters. The molecule has 1 N–H and O–H groups in total. The van der Waals surface area contributed by atoms with Gasteiger partial charge in [-0.05, 0) is 30.0 Å². The van der Waals surface area contributed by atoms with Gasteiger partial charge in [0.2, 0.25) is 0 Å². The van der Waals surface area contributed by atoms with Crippen LogP contribution < -0.4 is 5.32 Å². The van der Waals surface area contributed by atoms with Gasteiger partial charge in [0, 0.05) is 6.04 Å². The molecular weight excluding hydrogens is 270 g/mol. The van der Waals surface area contributed by atoms with Crippen LogP contribution in [-0.2, 0) is 15.6 Å². The van der Waals surface area contributed by atoms with Crippen molar-refractivity contribution < 1.29 is 8.42 Å². The van der Waals surface area contributed by atoms with Crippen LogP contribution in [0.1, 0.15) is 38.8 Å². The molecule has 0 fully saturated rings. The standard InChI is InChI=1S/C16H27NO2S/c1-6-17-15(16(3,4)5)12-20(18,19)11-14-10-8-7-9-13(14)2/h7-10,15,17H,6,11-12H2,1-5H3. The van der Waals surface area contributed by atoms with Crippen LogP contribution in [0.25, 0.3) is 0 Å². The van der Waals surface area contributed by atoms with E-state index in [1.807, 2.05) is 38.1 Å². The van der Waals surface area contributed by atoms with Crippen molar-refractivity contribution in [1.82, 2.24) is 5.32 Å². The molecule has 1 atom stereocenters. The van der Waals surface area contributed by atoms with Gasteiger partial charge in [-0.3, -0.25) is 0 Å². The third-order valence-corrected chi connectivity index (χ3v) is 5.15. The van der Waals surface area contributed by atoms with E-state index in [0.29, 0.717) is 0 Å². The van der Waals surface area contributed by atoms with Gasteiger partial charge in [-0.25, -0.2) is 8.42 Å². The molecule has 0 saturated carbocycles. The molecule has 0 aliphatic carbocycles. The van der Waals surface area contributed by atoms with E-state index in [9.17, 15) is 8.42 Å². The molecule has 0 bridgehead atoms. The van der Waals surface area contributed by atoms with Gasteiger partial charge in [0.15, 0.2) is 9.84 Å². The second kappa shape index (κ2) is 6.72. The van der Waals surface area contributed by atoms with Gasteiger partial charge in [-0.2, -0.15) is 0 Å². The molecular formula is C16H27NO2S. The van der Waals surface area contributed by atoms with Crippen LogP contribution in [0.3, 0.4) is 0 Å². The molecule has 0 amide bonds. The van der Waals surface area contributed by atoms with Crippen molar-refractivity contribution in [2.45, 2.75) is 46.4 Å². The van der Waals surface area contributed by atoms with Gasteiger partial charge in [-0.1, -0.05) is 52.0 Å². The van der Waals surface area contributed by atoms with Gasteiger partial charge >= 0.3 is 0 Å². The van der Waals surface area contributed by atoms with E-state index < -0.39 is 9.84 Å². The summed E-state index contributed by atoms with van der Waals surface area (Å²) in [5.41, 5.74) is 1.86. The summed E-state index contributed by atoms with van der Waals surface area (Å²) in [4.78, 5) is 0. The maximum Gasteiger partial charge on any atom is 0.156 e. The van der Waals surface area contributed by atoms with E-state index in [4.69, 9.17) is 0 Å². The maximum absolute atomic E-state index is 12.4. The Labute approximate surface area is 123 Å². The zero-order chi connectivity index (χ0) is 15.4. The third-order valence-electron chi connectivity index (χ3n) is 3.55. The first-order valence-electron chi connectivity index (χ1n) is 7.14. The van der Waals surface area contributed by atoms with Crippen LogP contribution in [0.15, 0.2) is 24.3 Å². The molecule has 0 aliphatic rings. The van der Waals surface area contributed by atoms with E-state index in [1.165, 1.54) is 0 Å². The highest BCUT2D eigenvalue weighted by molar-refractivity contribution is 7.90. The fraction of sp³-hybridized carbons (Fsp3) is 0.625. The van der Waals surface area contributed by atoms with Gasteiger partial charge in [0.1, 0.15) is 0 Å². The third kappa shape index (κ3) is 5.25. The van der Waals surface area contributed by atoms with Gasteiger partial charge in [0.05, 0.1) is 11.5 Å². The van der Waals surface area contributed by atoms with Crippen molar-refractivity contribution in [2.75, 3.05) is 12.3 Å². The minimum Gasteiger partial charge on any atom is -0.313 e. The maximum atomic E-state index is 12.4. The molecule has 0 radical (unpaired) electrons. The number of benzene rings is 1. The van der Waals surface area contributed by atoms with Gasteiger partial charge < -0.3 is 5.32 Å². The Balaban J connectivity index is 2.86. The second-order valence-corrected chi connectivity index (χ2v) is 8.57. The van der Waals surface area contributed by atoms with E-state index in [1.54, 1.807) is 0 Å². The highest BCUT2D eigenvalue weighted by Crippen LogP contribution is 2.22. The highest BCUT2D eigenvalue weighted by Gasteiger charge is 2.29. The predicted octanol–water partition coefficient (Wildman–Crippen LogP) is 2.93. The van der Waals surface area contributed by atoms with Crippen LogP contribution >= 0.6 is 0 Å². The fourth-order valence-corrected chi connectivity index (χ4v) is 4.22. The Bertz CT molecular complexity index is 530. The molecule has 1 aromatic rings. The topological polar surface area (TPSA) is 46.2 Å². The Kier molecular flexibility index (Phi) is 5.78. The Hall–Kier alpha value is -0.870. The number of rotatable bonds is 6. The zero-order valence-electron chi connectivity index (χ0n) is 13.2. The minimum absolute atomic E-state index is 0.0264. The summed E-state index contributed by atoms with van der Waals surface area (Å²) in [6, 6.07) is 7.65. The number of nitrogens with one attached hydrogen (secondary N) is 1. The molecule has 1 rings (SSSR count). The minimum atomic E-state index is -3.12. The molecule has 1 aromatic carbocycles. The number of sulfone groups is 1. The van der Waals surface area contributed by atoms with Crippen molar-refractivity contribution in [3.63, 3.8) is 0 Å². The Morgan fingerprint density at radius 3 is 2.30 bits per heavy atom. The van der Waals surface area contributed by atoms with Crippen molar-refractivity contribution in [3.05, 3.63) is 35.4 Å². The predicted molar refractivity (Wildman–Crippen MR) is 85.6 cm³/mol. The molecule has 20 heavy (non-hydrogen) atoms. The van der Waals surface area contributed by atoms with Crippen LogP contribution in [-0.4, -0.2) is 26.8 Å². The van der Waals surface area contributed by atoms with E-state index >= 15 is 0 Å². The molecule has 0 aliphatic heterocycles. The summed E-state index contributed by atoms with van der Waals surface area (Å²) >= 11 is 0. The lowest BCUT2D eigenvalue weighted by Gasteiger charge is -2.31. The first-order valence-corrected chi connectivity index (χ1v) is 8.96. The fourth-order valence-electron chi connectivity index (χ4n) is 2.18. The summed E-state index contributed by atoms with van der Waals surface area (Å²) < 4.78 is 24.9. The van der Waals surface area contributed by atoms with E-state index in [2.05, 4.69) is 26.1 Å². The lowest BCUT2D eigenvalue weighted by Crippen LogP contribution is -2.45. The molecule has 4 heteroatoms. The Morgan fingerprint density at radius 2 is 1.80 bits per heavy atom. The van der Waals surface area contributed by atoms with Gasteiger partial charge in [0.25, 0.3) is 0 Å². The molecule has 3 nitrogen and oxygen atoms in total. The molecule has 0 saturated heterocycles. The Morgan fingerprint density at radius 1 is 1.20 bits per heavy atom. The molecule has 0 aromatic heterocycles. The normalized spacial score (nSPS) is 14.2. The highest BCUT2D eigenvalue weighted by atomic mass is 32.2. The quantitative estimate of drug-likeness (QED) is 0.878. The molecule has 0 heterocycles. The summed E-state index contributed by atoms with van der Waals surface area (Å²) in [7, 11) is -3.12. The SMILES string of the molecule is CCNC(CS(=O)(=O)Cc1ccccc1C)C(C)(C)C. The lowest BCUT2D eigenvalue weighted by atomic mass is 9.88. The summed E-state index contributed by atoms with van der Waals surface area (Å²) in [6.45, 7) is 11.0. The van der Waals surface area contributed by atoms with Crippen molar-refractivity contribution in [3.8, 4) is 0 Å². The zero-order valence-corrected chi connectivity index (χ0v) is 14.0. The number of aryl methyl sites for hydroxylation is 1. The number of hydrogen-bond acceptors (Lipinski definition) is 3. The van der Waals surface area contributed by atoms with Crippen molar-refractivity contribution >= 4 is 9.84 Å². The van der Waals surface area contributed by atoms with Gasteiger partial charge in [-0.15, -0.1) is 0 Å². The lowest BCUT2D eigenvalue weighted by molar-refractivity contribution is 0.292. The first kappa shape index (κ1) is 17.2. The van der Waals surface area contributed by atoms with E-state index in [0.717, 1.165) is 17.7 Å². The average Bonchev–Trinajstić information content (AvgIpc) is 2.30. The second-order valence-electron chi connectivity index (χ2n) is 6.46. The summed E-state index contributed by atoms with van der Waals surface area (Å²) in [6.07, 6.45) is 0. The van der Waals surface area contributed by atoms with Crippen LogP contribution in [0.5, 0.6) is 0 Å². The smallest absolute Gasteiger partial charge is 0.156 e. The first-order chi connectivity index (χ1) is 9.15. The van der Waals surface area contributed by atoms with Crippen molar-refractivity contribution in [1.29, 1.82) is 0 Å². The van der Waals surface area contributed by atoms with Crippen molar-refractivity contribution in [2.24, 2.45) is 5.41 Å². The number of hydrogen-bond donors (Lipinski definition) is 1. The van der Waals surface area contributed by atoms with E-state index in [-0.39, 0.29) is 23.0 Å². The van der Waals surface area contributed by atoms with Crippen LogP contribution in [0.2, 0.25) is 0 Å². The summed E-state index contributed by atoms with van der Waals surface area (Å²) in [5, 5.41) is 3.30. The molecule has 0 spiro atoms. The average molecular weight is 297 g/mol. The monoisotopic (exact) mass is 297 g/mol. The molecule has 114 valence electrons. The summed E-state index contributed by atoms with van der Waals surface area (Å²) in [5.74, 6) is 0.302. The largest absolute Gasteiger partial charge is 0.313 e. The van der Waals surface area contributed by atoms with Crippen LogP contribution in [0.4, 0.5) is 0 Å². The van der Waals surface area contributed by atoms with Crippen LogP contribution in [0, 0.1) is 12.3 Å².